The van der Waals surface area contributed by atoms with Crippen molar-refractivity contribution in [1.29, 1.82) is 0 Å². The molecule has 7 nitrogen and oxygen atoms in total. The van der Waals surface area contributed by atoms with E-state index in [1.807, 2.05) is 35.2 Å². The van der Waals surface area contributed by atoms with E-state index < -0.39 is 16.1 Å². The van der Waals surface area contributed by atoms with Crippen LogP contribution in [-0.4, -0.2) is 54.6 Å². The lowest BCUT2D eigenvalue weighted by molar-refractivity contribution is -0.125. The van der Waals surface area contributed by atoms with Crippen LogP contribution in [0.5, 0.6) is 0 Å². The minimum atomic E-state index is -3.45. The predicted octanol–water partition coefficient (Wildman–Crippen LogP) is 3.56. The minimum Gasteiger partial charge on any atom is -0.350 e. The molecule has 8 heteroatoms. The Bertz CT molecular complexity index is 1160. The lowest BCUT2D eigenvalue weighted by Crippen LogP contribution is -2.49. The molecular formula is C27H33N3O4S. The van der Waals surface area contributed by atoms with Gasteiger partial charge in [0.1, 0.15) is 6.04 Å². The summed E-state index contributed by atoms with van der Waals surface area (Å²) < 4.78 is 27.0. The standard InChI is InChI=1S/C27H33N3O4S/c31-26(28-19-20-12-14-23(15-13-20)35(33,34)29-16-6-7-17-29)25-18-22-10-4-5-11-24(22)30(25)27(32)21-8-2-1-3-9-21/h1-3,8-9,12-15,22,24-25H,4-7,10-11,16-19H2,(H,28,31). The highest BCUT2D eigenvalue weighted by atomic mass is 32.2. The van der Waals surface area contributed by atoms with Crippen LogP contribution < -0.4 is 5.32 Å². The molecule has 0 aromatic heterocycles. The number of carbonyl (C=O) groups is 2. The summed E-state index contributed by atoms with van der Waals surface area (Å²) in [5, 5.41) is 3.01. The second-order valence-electron chi connectivity index (χ2n) is 9.91. The Morgan fingerprint density at radius 1 is 0.886 bits per heavy atom. The molecule has 2 heterocycles. The topological polar surface area (TPSA) is 86.8 Å². The lowest BCUT2D eigenvalue weighted by Gasteiger charge is -2.33. The first-order chi connectivity index (χ1) is 16.9. The zero-order valence-electron chi connectivity index (χ0n) is 19.9. The highest BCUT2D eigenvalue weighted by Gasteiger charge is 2.47. The fraction of sp³-hybridized carbons (Fsp3) is 0.481. The van der Waals surface area contributed by atoms with Gasteiger partial charge >= 0.3 is 0 Å². The maximum absolute atomic E-state index is 13.4. The molecule has 0 spiro atoms. The molecule has 3 fully saturated rings. The van der Waals surface area contributed by atoms with E-state index >= 15 is 0 Å². The predicted molar refractivity (Wildman–Crippen MR) is 133 cm³/mol. The smallest absolute Gasteiger partial charge is 0.254 e. The van der Waals surface area contributed by atoms with Crippen LogP contribution in [0.2, 0.25) is 0 Å². The monoisotopic (exact) mass is 495 g/mol. The maximum atomic E-state index is 13.4. The Labute approximate surface area is 207 Å². The molecule has 3 atom stereocenters. The Morgan fingerprint density at radius 3 is 2.29 bits per heavy atom. The Kier molecular flexibility index (Phi) is 6.93. The van der Waals surface area contributed by atoms with Gasteiger partial charge in [0.15, 0.2) is 0 Å². The van der Waals surface area contributed by atoms with Crippen molar-refractivity contribution < 1.29 is 18.0 Å². The molecule has 3 aliphatic rings. The van der Waals surface area contributed by atoms with Gasteiger partial charge in [0, 0.05) is 31.2 Å². The number of carbonyl (C=O) groups excluding carboxylic acids is 2. The van der Waals surface area contributed by atoms with Crippen LogP contribution in [-0.2, 0) is 21.4 Å². The molecule has 2 saturated heterocycles. The van der Waals surface area contributed by atoms with E-state index in [1.165, 1.54) is 4.31 Å². The second-order valence-corrected chi connectivity index (χ2v) is 11.9. The third-order valence-electron chi connectivity index (χ3n) is 7.74. The van der Waals surface area contributed by atoms with Gasteiger partial charge in [-0.1, -0.05) is 43.2 Å². The summed E-state index contributed by atoms with van der Waals surface area (Å²) in [6, 6.07) is 15.6. The zero-order valence-corrected chi connectivity index (χ0v) is 20.8. The number of fused-ring (bicyclic) bond motifs is 1. The summed E-state index contributed by atoms with van der Waals surface area (Å²) in [6.45, 7) is 1.44. The molecule has 3 unspecified atom stereocenters. The molecule has 2 amide bonds. The van der Waals surface area contributed by atoms with Gasteiger partial charge in [0.2, 0.25) is 15.9 Å². The molecule has 2 aromatic carbocycles. The van der Waals surface area contributed by atoms with Crippen molar-refractivity contribution in [3.05, 3.63) is 65.7 Å². The van der Waals surface area contributed by atoms with E-state index in [0.717, 1.165) is 44.1 Å². The van der Waals surface area contributed by atoms with Crippen molar-refractivity contribution in [3.63, 3.8) is 0 Å². The number of likely N-dealkylation sites (tertiary alicyclic amines) is 1. The van der Waals surface area contributed by atoms with Crippen LogP contribution >= 0.6 is 0 Å². The first kappa shape index (κ1) is 24.0. The molecule has 1 N–H and O–H groups in total. The summed E-state index contributed by atoms with van der Waals surface area (Å²) in [4.78, 5) is 28.8. The molecule has 5 rings (SSSR count). The molecule has 35 heavy (non-hydrogen) atoms. The number of amides is 2. The summed E-state index contributed by atoms with van der Waals surface area (Å²) in [7, 11) is -3.45. The van der Waals surface area contributed by atoms with Gasteiger partial charge in [-0.05, 0) is 67.9 Å². The van der Waals surface area contributed by atoms with E-state index in [9.17, 15) is 18.0 Å². The molecule has 0 radical (unpaired) electrons. The molecular weight excluding hydrogens is 462 g/mol. The van der Waals surface area contributed by atoms with E-state index in [2.05, 4.69) is 5.32 Å². The van der Waals surface area contributed by atoms with Crippen LogP contribution in [0.3, 0.4) is 0 Å². The minimum absolute atomic E-state index is 0.0726. The first-order valence-corrected chi connectivity index (χ1v) is 14.1. The molecule has 186 valence electrons. The van der Waals surface area contributed by atoms with Gasteiger partial charge < -0.3 is 10.2 Å². The fourth-order valence-electron chi connectivity index (χ4n) is 5.88. The largest absolute Gasteiger partial charge is 0.350 e. The zero-order chi connectivity index (χ0) is 24.4. The second kappa shape index (κ2) is 10.1. The van der Waals surface area contributed by atoms with E-state index in [0.29, 0.717) is 37.5 Å². The summed E-state index contributed by atoms with van der Waals surface area (Å²) in [6.07, 6.45) is 6.73. The number of nitrogens with zero attached hydrogens (tertiary/aromatic N) is 2. The Hall–Kier alpha value is -2.71. The average molecular weight is 496 g/mol. The third-order valence-corrected chi connectivity index (χ3v) is 9.65. The normalized spacial score (nSPS) is 24.8. The Balaban J connectivity index is 1.27. The van der Waals surface area contributed by atoms with Crippen molar-refractivity contribution in [2.75, 3.05) is 13.1 Å². The van der Waals surface area contributed by atoms with Crippen molar-refractivity contribution in [2.24, 2.45) is 5.92 Å². The van der Waals surface area contributed by atoms with E-state index in [1.54, 1.807) is 24.3 Å². The van der Waals surface area contributed by atoms with Crippen LogP contribution in [0.25, 0.3) is 0 Å². The number of hydrogen-bond donors (Lipinski definition) is 1. The molecule has 1 saturated carbocycles. The van der Waals surface area contributed by atoms with Gasteiger partial charge in [0.25, 0.3) is 5.91 Å². The van der Waals surface area contributed by atoms with Crippen LogP contribution in [0.4, 0.5) is 0 Å². The van der Waals surface area contributed by atoms with Gasteiger partial charge in [-0.15, -0.1) is 0 Å². The number of rotatable bonds is 6. The molecule has 0 bridgehead atoms. The van der Waals surface area contributed by atoms with Crippen LogP contribution in [0, 0.1) is 5.92 Å². The average Bonchev–Trinajstić information content (AvgIpc) is 3.57. The van der Waals surface area contributed by atoms with Crippen molar-refractivity contribution in [1.82, 2.24) is 14.5 Å². The summed E-state index contributed by atoms with van der Waals surface area (Å²) in [5.74, 6) is 0.149. The van der Waals surface area contributed by atoms with Crippen molar-refractivity contribution >= 4 is 21.8 Å². The van der Waals surface area contributed by atoms with Gasteiger partial charge in [-0.2, -0.15) is 4.31 Å². The molecule has 1 aliphatic carbocycles. The van der Waals surface area contributed by atoms with Gasteiger partial charge in [-0.3, -0.25) is 9.59 Å². The third kappa shape index (κ3) is 4.86. The van der Waals surface area contributed by atoms with E-state index in [4.69, 9.17) is 0 Å². The Morgan fingerprint density at radius 2 is 1.57 bits per heavy atom. The maximum Gasteiger partial charge on any atom is 0.254 e. The number of hydrogen-bond acceptors (Lipinski definition) is 4. The molecule has 2 aromatic rings. The SMILES string of the molecule is O=C(NCc1ccc(S(=O)(=O)N2CCCC2)cc1)C1CC2CCCCC2N1C(=O)c1ccccc1. The number of nitrogens with one attached hydrogen (secondary N) is 1. The van der Waals surface area contributed by atoms with Crippen molar-refractivity contribution in [3.8, 4) is 0 Å². The van der Waals surface area contributed by atoms with E-state index in [-0.39, 0.29) is 22.8 Å². The quantitative estimate of drug-likeness (QED) is 0.664. The molecule has 2 aliphatic heterocycles. The van der Waals surface area contributed by atoms with Crippen molar-refractivity contribution in [2.45, 2.75) is 68.5 Å². The van der Waals surface area contributed by atoms with Gasteiger partial charge in [-0.25, -0.2) is 8.42 Å². The van der Waals surface area contributed by atoms with Crippen LogP contribution in [0.1, 0.15) is 60.9 Å². The highest BCUT2D eigenvalue weighted by Crippen LogP contribution is 2.40. The summed E-state index contributed by atoms with van der Waals surface area (Å²) >= 11 is 0. The van der Waals surface area contributed by atoms with Gasteiger partial charge in [0.05, 0.1) is 4.90 Å². The number of sulfonamides is 1. The fourth-order valence-corrected chi connectivity index (χ4v) is 7.40. The highest BCUT2D eigenvalue weighted by molar-refractivity contribution is 7.89. The first-order valence-electron chi connectivity index (χ1n) is 12.7. The summed E-state index contributed by atoms with van der Waals surface area (Å²) in [5.41, 5.74) is 1.45. The lowest BCUT2D eigenvalue weighted by atomic mass is 9.84. The number of benzene rings is 2. The van der Waals surface area contributed by atoms with Crippen LogP contribution in [0.15, 0.2) is 59.5 Å².